The van der Waals surface area contributed by atoms with Gasteiger partial charge < -0.3 is 10.1 Å². The molecule has 1 saturated heterocycles. The molecule has 1 aromatic carbocycles. The predicted molar refractivity (Wildman–Crippen MR) is 65.0 cm³/mol. The molecule has 1 aliphatic heterocycles. The molecule has 1 heterocycles. The monoisotopic (exact) mass is 273 g/mol. The number of rotatable bonds is 3. The Bertz CT molecular complexity index is 436. The molecule has 1 atom stereocenters. The molecule has 6 heteroatoms. The van der Waals surface area contributed by atoms with Crippen LogP contribution < -0.4 is 5.32 Å². The van der Waals surface area contributed by atoms with Gasteiger partial charge in [-0.2, -0.15) is 0 Å². The summed E-state index contributed by atoms with van der Waals surface area (Å²) in [5.74, 6) is -2.17. The summed E-state index contributed by atoms with van der Waals surface area (Å²) in [7, 11) is 0. The molecule has 0 aromatic heterocycles. The van der Waals surface area contributed by atoms with Gasteiger partial charge in [-0.15, -0.1) is 11.8 Å². The highest BCUT2D eigenvalue weighted by Gasteiger charge is 2.46. The van der Waals surface area contributed by atoms with Gasteiger partial charge in [-0.05, 0) is 23.4 Å². The maximum Gasteiger partial charge on any atom is 0.408 e. The molecule has 18 heavy (non-hydrogen) atoms. The summed E-state index contributed by atoms with van der Waals surface area (Å²) in [6.07, 6.45) is -0.807. The van der Waals surface area contributed by atoms with Crippen LogP contribution in [-0.4, -0.2) is 24.4 Å². The van der Waals surface area contributed by atoms with Gasteiger partial charge in [-0.3, -0.25) is 0 Å². The van der Waals surface area contributed by atoms with Crippen LogP contribution in [0.15, 0.2) is 29.2 Å². The second kappa shape index (κ2) is 5.14. The van der Waals surface area contributed by atoms with Crippen molar-refractivity contribution in [3.8, 4) is 0 Å². The third kappa shape index (κ3) is 2.75. The van der Waals surface area contributed by atoms with Gasteiger partial charge in [0.1, 0.15) is 6.04 Å². The topological polar surface area (TPSA) is 38.3 Å². The van der Waals surface area contributed by atoms with E-state index in [1.165, 1.54) is 0 Å². The molecular weight excluding hydrogens is 260 g/mol. The maximum atomic E-state index is 13.6. The fourth-order valence-electron chi connectivity index (χ4n) is 1.76. The Balaban J connectivity index is 2.20. The normalized spacial score (nSPS) is 22.2. The molecule has 2 rings (SSSR count). The summed E-state index contributed by atoms with van der Waals surface area (Å²) in [5.41, 5.74) is 0.386. The van der Waals surface area contributed by atoms with Crippen LogP contribution in [0, 0.1) is 0 Å². The largest absolute Gasteiger partial charge is 0.443 e. The number of hydrogen-bond donors (Lipinski definition) is 1. The first-order chi connectivity index (χ1) is 8.53. The number of carbonyl (C=O) groups excluding carboxylic acids is 1. The Morgan fingerprint density at radius 1 is 1.44 bits per heavy atom. The third-order valence-electron chi connectivity index (χ3n) is 2.60. The fraction of sp³-hybridized carbons (Fsp3) is 0.417. The van der Waals surface area contributed by atoms with Crippen LogP contribution in [0.25, 0.3) is 0 Å². The number of nitrogens with one attached hydrogen (secondary N) is 1. The zero-order chi connectivity index (χ0) is 13.2. The molecule has 0 radical (unpaired) electrons. The molecule has 0 bridgehead atoms. The Hall–Kier alpha value is -1.30. The Morgan fingerprint density at radius 2 is 2.11 bits per heavy atom. The van der Waals surface area contributed by atoms with Crippen LogP contribution >= 0.6 is 11.8 Å². The van der Waals surface area contributed by atoms with E-state index in [2.05, 4.69) is 10.1 Å². The van der Waals surface area contributed by atoms with Gasteiger partial charge in [-0.1, -0.05) is 19.1 Å². The van der Waals surface area contributed by atoms with Crippen molar-refractivity contribution in [1.29, 1.82) is 0 Å². The minimum atomic E-state index is -3.09. The van der Waals surface area contributed by atoms with Gasteiger partial charge in [-0.25, -0.2) is 13.6 Å². The number of cyclic esters (lactones) is 1. The van der Waals surface area contributed by atoms with Gasteiger partial charge in [0.15, 0.2) is 6.61 Å². The third-order valence-corrected chi connectivity index (χ3v) is 3.50. The van der Waals surface area contributed by atoms with Gasteiger partial charge in [0.05, 0.1) is 0 Å². The molecule has 98 valence electrons. The molecule has 1 N–H and O–H groups in total. The molecule has 1 aromatic rings. The van der Waals surface area contributed by atoms with Crippen molar-refractivity contribution in [2.24, 2.45) is 0 Å². The average molecular weight is 273 g/mol. The van der Waals surface area contributed by atoms with Gasteiger partial charge in [0, 0.05) is 4.90 Å². The number of benzene rings is 1. The van der Waals surface area contributed by atoms with E-state index in [0.29, 0.717) is 5.56 Å². The van der Waals surface area contributed by atoms with Crippen molar-refractivity contribution in [3.05, 3.63) is 29.8 Å². The van der Waals surface area contributed by atoms with Crippen LogP contribution in [0.4, 0.5) is 13.6 Å². The highest BCUT2D eigenvalue weighted by molar-refractivity contribution is 7.99. The van der Waals surface area contributed by atoms with Crippen LogP contribution in [0.3, 0.4) is 0 Å². The second-order valence-electron chi connectivity index (χ2n) is 3.92. The molecule has 0 saturated carbocycles. The first-order valence-electron chi connectivity index (χ1n) is 5.57. The second-order valence-corrected chi connectivity index (χ2v) is 5.25. The number of amides is 1. The lowest BCUT2D eigenvalue weighted by Crippen LogP contribution is -2.49. The lowest BCUT2D eigenvalue weighted by atomic mass is 10.0. The highest BCUT2D eigenvalue weighted by Crippen LogP contribution is 2.35. The average Bonchev–Trinajstić information content (AvgIpc) is 2.34. The number of alkyl carbamates (subject to hydrolysis) is 1. The van der Waals surface area contributed by atoms with Crippen molar-refractivity contribution in [2.45, 2.75) is 23.8 Å². The van der Waals surface area contributed by atoms with Crippen LogP contribution in [-0.2, 0) is 4.74 Å². The lowest BCUT2D eigenvalue weighted by Gasteiger charge is -2.31. The van der Waals surface area contributed by atoms with E-state index in [4.69, 9.17) is 0 Å². The quantitative estimate of drug-likeness (QED) is 0.859. The van der Waals surface area contributed by atoms with E-state index in [0.717, 1.165) is 10.6 Å². The maximum absolute atomic E-state index is 13.6. The minimum absolute atomic E-state index is 0.386. The Kier molecular flexibility index (Phi) is 3.75. The smallest absolute Gasteiger partial charge is 0.408 e. The molecule has 3 nitrogen and oxygen atoms in total. The minimum Gasteiger partial charge on any atom is -0.443 e. The zero-order valence-electron chi connectivity index (χ0n) is 9.78. The van der Waals surface area contributed by atoms with E-state index in [-0.39, 0.29) is 0 Å². The first kappa shape index (κ1) is 13.1. The molecule has 0 unspecified atom stereocenters. The number of alkyl halides is 2. The Morgan fingerprint density at radius 3 is 2.72 bits per heavy atom. The predicted octanol–water partition coefficient (Wildman–Crippen LogP) is 3.21. The molecule has 1 aliphatic rings. The number of carbonyl (C=O) groups is 1. The van der Waals surface area contributed by atoms with Crippen molar-refractivity contribution < 1.29 is 18.3 Å². The van der Waals surface area contributed by atoms with Crippen molar-refractivity contribution in [3.63, 3.8) is 0 Å². The SMILES string of the molecule is CCSc1ccc([C@H]2NC(=O)OCC2(F)F)cc1. The zero-order valence-corrected chi connectivity index (χ0v) is 10.6. The number of ether oxygens (including phenoxy) is 1. The fourth-order valence-corrected chi connectivity index (χ4v) is 2.42. The first-order valence-corrected chi connectivity index (χ1v) is 6.55. The van der Waals surface area contributed by atoms with Gasteiger partial charge in [0.2, 0.25) is 0 Å². The number of thioether (sulfide) groups is 1. The Labute approximate surface area is 108 Å². The molecule has 1 amide bonds. The van der Waals surface area contributed by atoms with Crippen LogP contribution in [0.2, 0.25) is 0 Å². The molecule has 0 aliphatic carbocycles. The van der Waals surface area contributed by atoms with Crippen molar-refractivity contribution in [2.75, 3.05) is 12.4 Å². The van der Waals surface area contributed by atoms with Crippen LogP contribution in [0.1, 0.15) is 18.5 Å². The van der Waals surface area contributed by atoms with E-state index in [1.54, 1.807) is 36.0 Å². The molecule has 0 spiro atoms. The number of hydrogen-bond acceptors (Lipinski definition) is 3. The van der Waals surface area contributed by atoms with E-state index in [9.17, 15) is 13.6 Å². The summed E-state index contributed by atoms with van der Waals surface area (Å²) in [4.78, 5) is 12.0. The van der Waals surface area contributed by atoms with Gasteiger partial charge in [0.25, 0.3) is 0 Å². The van der Waals surface area contributed by atoms with Crippen molar-refractivity contribution in [1.82, 2.24) is 5.32 Å². The van der Waals surface area contributed by atoms with Gasteiger partial charge >= 0.3 is 12.0 Å². The van der Waals surface area contributed by atoms with Crippen LogP contribution in [0.5, 0.6) is 0 Å². The van der Waals surface area contributed by atoms with Crippen molar-refractivity contribution >= 4 is 17.9 Å². The number of halogens is 2. The summed E-state index contributed by atoms with van der Waals surface area (Å²) < 4.78 is 31.6. The summed E-state index contributed by atoms with van der Waals surface area (Å²) in [5, 5.41) is 2.16. The molecule has 1 fully saturated rings. The van der Waals surface area contributed by atoms with E-state index in [1.807, 2.05) is 6.92 Å². The van der Waals surface area contributed by atoms with E-state index >= 15 is 0 Å². The molecular formula is C12H13F2NO2S. The van der Waals surface area contributed by atoms with E-state index < -0.39 is 24.7 Å². The standard InChI is InChI=1S/C12H13F2NO2S/c1-2-18-9-5-3-8(4-6-9)10-12(13,14)7-17-11(16)15-10/h3-6,10H,2,7H2,1H3,(H,15,16)/t10-/m1/s1. The summed E-state index contributed by atoms with van der Waals surface area (Å²) >= 11 is 1.63. The lowest BCUT2D eigenvalue weighted by molar-refractivity contribution is -0.104. The highest BCUT2D eigenvalue weighted by atomic mass is 32.2. The summed E-state index contributed by atoms with van der Waals surface area (Å²) in [6, 6.07) is 5.46. The summed E-state index contributed by atoms with van der Waals surface area (Å²) in [6.45, 7) is 1.14.